The molecule has 0 spiro atoms. The number of nitrogens with one attached hydrogen (secondary N) is 1. The summed E-state index contributed by atoms with van der Waals surface area (Å²) in [7, 11) is 0. The molecule has 0 fully saturated rings. The SMILES string of the molecule is CCc1ccc2occ(C(=O)NCCCn3cccnc3=O)c2c1. The Morgan fingerprint density at radius 2 is 2.25 bits per heavy atom. The molecule has 124 valence electrons. The number of benzene rings is 1. The highest BCUT2D eigenvalue weighted by atomic mass is 16.3. The molecule has 0 bridgehead atoms. The van der Waals surface area contributed by atoms with Crippen LogP contribution in [0.25, 0.3) is 11.0 Å². The van der Waals surface area contributed by atoms with Crippen LogP contribution in [0.4, 0.5) is 0 Å². The van der Waals surface area contributed by atoms with Crippen LogP contribution >= 0.6 is 0 Å². The van der Waals surface area contributed by atoms with E-state index in [4.69, 9.17) is 4.42 Å². The third kappa shape index (κ3) is 3.37. The first-order valence-electron chi connectivity index (χ1n) is 7.99. The summed E-state index contributed by atoms with van der Waals surface area (Å²) in [5, 5.41) is 3.70. The van der Waals surface area contributed by atoms with Gasteiger partial charge in [0.1, 0.15) is 11.8 Å². The zero-order valence-electron chi connectivity index (χ0n) is 13.5. The van der Waals surface area contributed by atoms with Crippen molar-refractivity contribution >= 4 is 16.9 Å². The minimum absolute atomic E-state index is 0.166. The van der Waals surface area contributed by atoms with E-state index in [9.17, 15) is 9.59 Å². The van der Waals surface area contributed by atoms with Crippen LogP contribution in [0.5, 0.6) is 0 Å². The maximum atomic E-state index is 12.3. The van der Waals surface area contributed by atoms with Crippen molar-refractivity contribution in [2.45, 2.75) is 26.3 Å². The fourth-order valence-electron chi connectivity index (χ4n) is 2.58. The summed E-state index contributed by atoms with van der Waals surface area (Å²) < 4.78 is 6.97. The number of aromatic nitrogens is 2. The molecule has 3 rings (SSSR count). The van der Waals surface area contributed by atoms with Crippen LogP contribution in [0, 0.1) is 0 Å². The zero-order chi connectivity index (χ0) is 16.9. The number of amides is 1. The average molecular weight is 325 g/mol. The van der Waals surface area contributed by atoms with Gasteiger partial charge in [0.2, 0.25) is 0 Å². The summed E-state index contributed by atoms with van der Waals surface area (Å²) in [5.41, 5.74) is 2.13. The second-order valence-corrected chi connectivity index (χ2v) is 5.54. The van der Waals surface area contributed by atoms with Crippen LogP contribution in [0.1, 0.15) is 29.3 Å². The van der Waals surface area contributed by atoms with E-state index >= 15 is 0 Å². The van der Waals surface area contributed by atoms with E-state index < -0.39 is 0 Å². The predicted octanol–water partition coefficient (Wildman–Crippen LogP) is 2.37. The molecule has 0 atom stereocenters. The Balaban J connectivity index is 1.61. The monoisotopic (exact) mass is 325 g/mol. The van der Waals surface area contributed by atoms with E-state index in [-0.39, 0.29) is 11.6 Å². The van der Waals surface area contributed by atoms with E-state index in [0.717, 1.165) is 17.4 Å². The summed E-state index contributed by atoms with van der Waals surface area (Å²) in [6.45, 7) is 3.06. The molecule has 24 heavy (non-hydrogen) atoms. The third-order valence-electron chi connectivity index (χ3n) is 3.93. The van der Waals surface area contributed by atoms with Crippen LogP contribution in [-0.2, 0) is 13.0 Å². The molecule has 0 saturated carbocycles. The summed E-state index contributed by atoms with van der Waals surface area (Å²) in [4.78, 5) is 27.5. The number of carbonyl (C=O) groups is 1. The lowest BCUT2D eigenvalue weighted by atomic mass is 10.1. The van der Waals surface area contributed by atoms with E-state index in [2.05, 4.69) is 17.2 Å². The summed E-state index contributed by atoms with van der Waals surface area (Å²) >= 11 is 0. The van der Waals surface area contributed by atoms with Crippen molar-refractivity contribution in [2.24, 2.45) is 0 Å². The summed E-state index contributed by atoms with van der Waals surface area (Å²) in [6, 6.07) is 7.59. The lowest BCUT2D eigenvalue weighted by Gasteiger charge is -2.06. The Hall–Kier alpha value is -2.89. The minimum Gasteiger partial charge on any atom is -0.463 e. The molecule has 6 heteroatoms. The van der Waals surface area contributed by atoms with Gasteiger partial charge in [-0.2, -0.15) is 0 Å². The van der Waals surface area contributed by atoms with E-state index in [1.807, 2.05) is 18.2 Å². The second kappa shape index (κ2) is 7.12. The molecule has 0 radical (unpaired) electrons. The lowest BCUT2D eigenvalue weighted by Crippen LogP contribution is -2.27. The minimum atomic E-state index is -0.281. The van der Waals surface area contributed by atoms with Gasteiger partial charge in [-0.15, -0.1) is 0 Å². The fourth-order valence-corrected chi connectivity index (χ4v) is 2.58. The Labute approximate surface area is 139 Å². The molecule has 2 aromatic heterocycles. The molecule has 0 saturated heterocycles. The number of rotatable bonds is 6. The normalized spacial score (nSPS) is 10.9. The molecule has 3 aromatic rings. The Morgan fingerprint density at radius 3 is 3.04 bits per heavy atom. The highest BCUT2D eigenvalue weighted by molar-refractivity contribution is 6.06. The molecule has 1 amide bonds. The maximum Gasteiger partial charge on any atom is 0.347 e. The first-order valence-corrected chi connectivity index (χ1v) is 7.99. The van der Waals surface area contributed by atoms with Crippen molar-refractivity contribution in [3.05, 3.63) is 64.5 Å². The van der Waals surface area contributed by atoms with Gasteiger partial charge in [0, 0.05) is 30.9 Å². The number of nitrogens with zero attached hydrogens (tertiary/aromatic N) is 2. The topological polar surface area (TPSA) is 77.1 Å². The predicted molar refractivity (Wildman–Crippen MR) is 91.0 cm³/mol. The van der Waals surface area contributed by atoms with Gasteiger partial charge in [0.15, 0.2) is 0 Å². The number of aryl methyl sites for hydroxylation is 2. The smallest absolute Gasteiger partial charge is 0.347 e. The van der Waals surface area contributed by atoms with Crippen LogP contribution in [0.2, 0.25) is 0 Å². The molecule has 0 unspecified atom stereocenters. The first-order chi connectivity index (χ1) is 11.7. The quantitative estimate of drug-likeness (QED) is 0.706. The first kappa shape index (κ1) is 16.0. The number of furan rings is 1. The number of hydrogen-bond acceptors (Lipinski definition) is 4. The Bertz CT molecular complexity index is 911. The van der Waals surface area contributed by atoms with Crippen molar-refractivity contribution < 1.29 is 9.21 Å². The van der Waals surface area contributed by atoms with Gasteiger partial charge in [0.05, 0.1) is 5.56 Å². The number of fused-ring (bicyclic) bond motifs is 1. The molecular formula is C18H19N3O3. The van der Waals surface area contributed by atoms with Crippen molar-refractivity contribution in [3.63, 3.8) is 0 Å². The summed E-state index contributed by atoms with van der Waals surface area (Å²) in [5.74, 6) is -0.166. The van der Waals surface area contributed by atoms with Gasteiger partial charge in [-0.05, 0) is 36.6 Å². The van der Waals surface area contributed by atoms with E-state index in [1.165, 1.54) is 17.0 Å². The highest BCUT2D eigenvalue weighted by Crippen LogP contribution is 2.22. The molecule has 0 aliphatic carbocycles. The second-order valence-electron chi connectivity index (χ2n) is 5.54. The largest absolute Gasteiger partial charge is 0.463 e. The third-order valence-corrected chi connectivity index (χ3v) is 3.93. The zero-order valence-corrected chi connectivity index (χ0v) is 13.5. The Kier molecular flexibility index (Phi) is 4.74. The van der Waals surface area contributed by atoms with Crippen LogP contribution in [0.3, 0.4) is 0 Å². The maximum absolute atomic E-state index is 12.3. The molecule has 1 N–H and O–H groups in total. The number of hydrogen-bond donors (Lipinski definition) is 1. The molecule has 2 heterocycles. The van der Waals surface area contributed by atoms with Gasteiger partial charge in [-0.1, -0.05) is 13.0 Å². The molecule has 0 aliphatic heterocycles. The van der Waals surface area contributed by atoms with Gasteiger partial charge >= 0.3 is 5.69 Å². The molecular weight excluding hydrogens is 306 g/mol. The van der Waals surface area contributed by atoms with E-state index in [0.29, 0.717) is 30.7 Å². The van der Waals surface area contributed by atoms with Gasteiger partial charge in [0.25, 0.3) is 5.91 Å². The molecule has 0 aliphatic rings. The molecule has 1 aromatic carbocycles. The standard InChI is InChI=1S/C18H19N3O3/c1-2-13-5-6-16-14(11-13)15(12-24-16)17(22)19-7-3-9-21-10-4-8-20-18(21)23/h4-6,8,10-12H,2-3,7,9H2,1H3,(H,19,22). The Morgan fingerprint density at radius 1 is 1.38 bits per heavy atom. The summed E-state index contributed by atoms with van der Waals surface area (Å²) in [6.07, 6.45) is 6.20. The van der Waals surface area contributed by atoms with Crippen molar-refractivity contribution in [3.8, 4) is 0 Å². The van der Waals surface area contributed by atoms with E-state index in [1.54, 1.807) is 12.3 Å². The van der Waals surface area contributed by atoms with Gasteiger partial charge < -0.3 is 9.73 Å². The van der Waals surface area contributed by atoms with Gasteiger partial charge in [-0.3, -0.25) is 9.36 Å². The molecule has 6 nitrogen and oxygen atoms in total. The van der Waals surface area contributed by atoms with Crippen molar-refractivity contribution in [1.29, 1.82) is 0 Å². The van der Waals surface area contributed by atoms with Crippen LogP contribution in [0.15, 0.2) is 52.1 Å². The van der Waals surface area contributed by atoms with Gasteiger partial charge in [-0.25, -0.2) is 9.78 Å². The highest BCUT2D eigenvalue weighted by Gasteiger charge is 2.13. The lowest BCUT2D eigenvalue weighted by molar-refractivity contribution is 0.0953. The fraction of sp³-hybridized carbons (Fsp3) is 0.278. The van der Waals surface area contributed by atoms with Crippen molar-refractivity contribution in [1.82, 2.24) is 14.9 Å². The average Bonchev–Trinajstić information content (AvgIpc) is 3.03. The van der Waals surface area contributed by atoms with Crippen LogP contribution in [-0.4, -0.2) is 22.0 Å². The van der Waals surface area contributed by atoms with Crippen LogP contribution < -0.4 is 11.0 Å². The van der Waals surface area contributed by atoms with Crippen molar-refractivity contribution in [2.75, 3.05) is 6.54 Å². The number of carbonyl (C=O) groups excluding carboxylic acids is 1.